The van der Waals surface area contributed by atoms with Crippen molar-refractivity contribution in [1.82, 2.24) is 14.8 Å². The minimum absolute atomic E-state index is 0.0718. The number of hydrogen-bond acceptors (Lipinski definition) is 4. The van der Waals surface area contributed by atoms with E-state index < -0.39 is 35.5 Å². The number of nitrogens with one attached hydrogen (secondary N) is 1. The molecule has 2 heterocycles. The maximum Gasteiger partial charge on any atom is 0.433 e. The van der Waals surface area contributed by atoms with Gasteiger partial charge < -0.3 is 10.4 Å². The van der Waals surface area contributed by atoms with Gasteiger partial charge in [0.1, 0.15) is 11.4 Å². The molecule has 1 saturated carbocycles. The largest absolute Gasteiger partial charge is 0.433 e. The van der Waals surface area contributed by atoms with Crippen molar-refractivity contribution in [3.05, 3.63) is 53.5 Å². The monoisotopic (exact) mass is 468 g/mol. The third kappa shape index (κ3) is 4.97. The highest BCUT2D eigenvalue weighted by Gasteiger charge is 2.33. The number of alkyl halides is 5. The first-order chi connectivity index (χ1) is 15.7. The third-order valence-corrected chi connectivity index (χ3v) is 5.90. The number of nitrogens with zero attached hydrogens (tertiary/aromatic N) is 3. The van der Waals surface area contributed by atoms with Crippen LogP contribution in [0.4, 0.5) is 27.6 Å². The van der Waals surface area contributed by atoms with Crippen molar-refractivity contribution in [2.45, 2.75) is 44.3 Å². The van der Waals surface area contributed by atoms with Gasteiger partial charge in [-0.1, -0.05) is 6.07 Å². The molecular formula is C22H21F5N4O2. The molecule has 1 aliphatic rings. The minimum Gasteiger partial charge on any atom is -0.396 e. The molecule has 0 radical (unpaired) electrons. The predicted molar refractivity (Wildman–Crippen MR) is 110 cm³/mol. The van der Waals surface area contributed by atoms with Crippen molar-refractivity contribution in [3.63, 3.8) is 0 Å². The Morgan fingerprint density at radius 1 is 1.18 bits per heavy atom. The summed E-state index contributed by atoms with van der Waals surface area (Å²) in [6.07, 6.45) is -2.71. The predicted octanol–water partition coefficient (Wildman–Crippen LogP) is 5.36. The summed E-state index contributed by atoms with van der Waals surface area (Å²) in [5.74, 6) is -0.778. The Hall–Kier alpha value is -3.08. The van der Waals surface area contributed by atoms with E-state index in [1.807, 2.05) is 0 Å². The number of benzene rings is 1. The first kappa shape index (κ1) is 23.1. The van der Waals surface area contributed by atoms with E-state index in [2.05, 4.69) is 15.4 Å². The normalized spacial score (nSPS) is 19.2. The number of anilines is 1. The molecule has 0 unspecified atom stereocenters. The molecule has 6 nitrogen and oxygen atoms in total. The molecule has 3 aromatic rings. The highest BCUT2D eigenvalue weighted by molar-refractivity contribution is 6.04. The lowest BCUT2D eigenvalue weighted by Crippen LogP contribution is -2.20. The molecule has 4 rings (SSSR count). The van der Waals surface area contributed by atoms with Crippen LogP contribution in [0, 0.1) is 5.92 Å². The summed E-state index contributed by atoms with van der Waals surface area (Å²) in [6.45, 7) is 0.134. The molecule has 11 heteroatoms. The van der Waals surface area contributed by atoms with Crippen LogP contribution >= 0.6 is 0 Å². The van der Waals surface area contributed by atoms with Gasteiger partial charge in [0.25, 0.3) is 12.3 Å². The lowest BCUT2D eigenvalue weighted by molar-refractivity contribution is -0.141. The summed E-state index contributed by atoms with van der Waals surface area (Å²) in [7, 11) is 0. The fraction of sp³-hybridized carbons (Fsp3) is 0.409. The standard InChI is InChI=1S/C22H21F5N4O2/c23-20(24)15-9-17-13(10-31(30-17)14-6-4-12(11-32)5-7-14)8-18(15)29-21(33)16-2-1-3-19(28-16)22(25,26)27/h1-3,8-10,12,14,20,32H,4-7,11H2,(H,29,33)/t12-,14-. The SMILES string of the molecule is O=C(Nc1cc2cn([C@H]3CC[C@H](CO)CC3)nc2cc1C(F)F)c1cccc(C(F)(F)F)n1. The summed E-state index contributed by atoms with van der Waals surface area (Å²) in [5, 5.41) is 16.5. The highest BCUT2D eigenvalue weighted by atomic mass is 19.4. The maximum absolute atomic E-state index is 13.7. The van der Waals surface area contributed by atoms with Crippen molar-refractivity contribution in [2.75, 3.05) is 11.9 Å². The van der Waals surface area contributed by atoms with Gasteiger partial charge in [-0.05, 0) is 55.9 Å². The van der Waals surface area contributed by atoms with E-state index in [1.54, 1.807) is 10.9 Å². The number of pyridine rings is 1. The summed E-state index contributed by atoms with van der Waals surface area (Å²) >= 11 is 0. The molecule has 2 N–H and O–H groups in total. The van der Waals surface area contributed by atoms with Gasteiger partial charge in [-0.2, -0.15) is 18.3 Å². The van der Waals surface area contributed by atoms with Crippen LogP contribution in [0.2, 0.25) is 0 Å². The second-order valence-electron chi connectivity index (χ2n) is 8.13. The van der Waals surface area contributed by atoms with Gasteiger partial charge in [-0.3, -0.25) is 9.48 Å². The van der Waals surface area contributed by atoms with E-state index in [-0.39, 0.29) is 24.3 Å². The van der Waals surface area contributed by atoms with E-state index in [0.717, 1.165) is 43.9 Å². The molecule has 1 fully saturated rings. The van der Waals surface area contributed by atoms with Gasteiger partial charge in [0, 0.05) is 23.8 Å². The van der Waals surface area contributed by atoms with Gasteiger partial charge in [-0.25, -0.2) is 13.8 Å². The molecule has 0 bridgehead atoms. The van der Waals surface area contributed by atoms with Gasteiger partial charge in [0.2, 0.25) is 0 Å². The van der Waals surface area contributed by atoms with E-state index in [4.69, 9.17) is 0 Å². The molecule has 0 saturated heterocycles. The zero-order chi connectivity index (χ0) is 23.8. The fourth-order valence-electron chi connectivity index (χ4n) is 4.08. The lowest BCUT2D eigenvalue weighted by Gasteiger charge is -2.27. The molecular weight excluding hydrogens is 447 g/mol. The number of aliphatic hydroxyl groups is 1. The second kappa shape index (κ2) is 9.05. The number of aromatic nitrogens is 3. The van der Waals surface area contributed by atoms with E-state index in [1.165, 1.54) is 12.1 Å². The van der Waals surface area contributed by atoms with Crippen molar-refractivity contribution in [1.29, 1.82) is 0 Å². The van der Waals surface area contributed by atoms with Crippen LogP contribution in [0.25, 0.3) is 10.9 Å². The van der Waals surface area contributed by atoms with Crippen LogP contribution in [0.15, 0.2) is 36.5 Å². The van der Waals surface area contributed by atoms with Crippen molar-refractivity contribution >= 4 is 22.5 Å². The molecule has 176 valence electrons. The van der Waals surface area contributed by atoms with Gasteiger partial charge in [-0.15, -0.1) is 0 Å². The summed E-state index contributed by atoms with van der Waals surface area (Å²) in [5.41, 5.74) is -2.18. The van der Waals surface area contributed by atoms with Gasteiger partial charge >= 0.3 is 6.18 Å². The maximum atomic E-state index is 13.7. The van der Waals surface area contributed by atoms with Crippen LogP contribution in [-0.4, -0.2) is 32.4 Å². The fourth-order valence-corrected chi connectivity index (χ4v) is 4.08. The summed E-state index contributed by atoms with van der Waals surface area (Å²) in [6, 6.07) is 5.40. The average Bonchev–Trinajstić information content (AvgIpc) is 3.21. The van der Waals surface area contributed by atoms with Crippen LogP contribution in [0.1, 0.15) is 59.9 Å². The molecule has 1 aliphatic carbocycles. The number of hydrogen-bond donors (Lipinski definition) is 2. The van der Waals surface area contributed by atoms with Crippen LogP contribution in [0.5, 0.6) is 0 Å². The molecule has 1 aromatic carbocycles. The number of halogens is 5. The van der Waals surface area contributed by atoms with Crippen LogP contribution in [-0.2, 0) is 6.18 Å². The number of amides is 1. The number of fused-ring (bicyclic) bond motifs is 1. The molecule has 0 atom stereocenters. The van der Waals surface area contributed by atoms with Crippen LogP contribution in [0.3, 0.4) is 0 Å². The Labute approximate surface area is 185 Å². The Morgan fingerprint density at radius 3 is 2.55 bits per heavy atom. The van der Waals surface area contributed by atoms with Crippen molar-refractivity contribution in [3.8, 4) is 0 Å². The Bertz CT molecular complexity index is 1150. The summed E-state index contributed by atoms with van der Waals surface area (Å²) < 4.78 is 67.8. The third-order valence-electron chi connectivity index (χ3n) is 5.90. The van der Waals surface area contributed by atoms with Gasteiger partial charge in [0.05, 0.1) is 17.2 Å². The Morgan fingerprint density at radius 2 is 1.91 bits per heavy atom. The molecule has 33 heavy (non-hydrogen) atoms. The zero-order valence-corrected chi connectivity index (χ0v) is 17.3. The first-order valence-electron chi connectivity index (χ1n) is 10.4. The van der Waals surface area contributed by atoms with E-state index in [9.17, 15) is 31.9 Å². The number of carbonyl (C=O) groups excluding carboxylic acids is 1. The Balaban J connectivity index is 1.62. The number of aliphatic hydroxyl groups excluding tert-OH is 1. The van der Waals surface area contributed by atoms with E-state index >= 15 is 0 Å². The quantitative estimate of drug-likeness (QED) is 0.494. The Kier molecular flexibility index (Phi) is 6.33. The average molecular weight is 468 g/mol. The van der Waals surface area contributed by atoms with Crippen LogP contribution < -0.4 is 5.32 Å². The minimum atomic E-state index is -4.74. The van der Waals surface area contributed by atoms with Crippen molar-refractivity contribution in [2.24, 2.45) is 5.92 Å². The molecule has 0 aliphatic heterocycles. The smallest absolute Gasteiger partial charge is 0.396 e. The highest BCUT2D eigenvalue weighted by Crippen LogP contribution is 2.35. The topological polar surface area (TPSA) is 80.0 Å². The molecule has 0 spiro atoms. The van der Waals surface area contributed by atoms with Crippen molar-refractivity contribution < 1.29 is 31.9 Å². The molecule has 1 amide bonds. The van der Waals surface area contributed by atoms with Gasteiger partial charge in [0.15, 0.2) is 0 Å². The molecule has 2 aromatic heterocycles. The number of rotatable bonds is 5. The zero-order valence-electron chi connectivity index (χ0n) is 17.3. The van der Waals surface area contributed by atoms with E-state index in [0.29, 0.717) is 10.9 Å². The second-order valence-corrected chi connectivity index (χ2v) is 8.13. The summed E-state index contributed by atoms with van der Waals surface area (Å²) in [4.78, 5) is 15.8. The first-order valence-corrected chi connectivity index (χ1v) is 10.4. The lowest BCUT2D eigenvalue weighted by atomic mass is 9.87. The number of carbonyl (C=O) groups is 1.